The molecule has 0 radical (unpaired) electrons. The molecule has 1 heterocycles. The van der Waals surface area contributed by atoms with Gasteiger partial charge in [0.15, 0.2) is 0 Å². The van der Waals surface area contributed by atoms with Crippen LogP contribution in [0.15, 0.2) is 41.0 Å². The van der Waals surface area contributed by atoms with Crippen LogP contribution in [-0.2, 0) is 13.1 Å². The van der Waals surface area contributed by atoms with Gasteiger partial charge in [-0.05, 0) is 23.8 Å². The van der Waals surface area contributed by atoms with Crippen molar-refractivity contribution in [3.8, 4) is 6.07 Å². The van der Waals surface area contributed by atoms with Crippen molar-refractivity contribution in [2.75, 3.05) is 0 Å². The van der Waals surface area contributed by atoms with Crippen molar-refractivity contribution in [1.82, 2.24) is 5.32 Å². The second kappa shape index (κ2) is 5.85. The molecule has 0 saturated carbocycles. The summed E-state index contributed by atoms with van der Waals surface area (Å²) in [5, 5.41) is 20.7. The SMILES string of the molecule is N#Cc1cccc(CNCc2cc(C(=O)O)co2)c1. The molecule has 0 aliphatic heterocycles. The number of furan rings is 1. The van der Waals surface area contributed by atoms with Crippen LogP contribution >= 0.6 is 0 Å². The third-order valence-corrected chi connectivity index (χ3v) is 2.59. The molecule has 0 unspecified atom stereocenters. The number of carboxylic acid groups (broad SMARTS) is 1. The predicted molar refractivity (Wildman–Crippen MR) is 67.4 cm³/mol. The van der Waals surface area contributed by atoms with Gasteiger partial charge in [0.25, 0.3) is 0 Å². The van der Waals surface area contributed by atoms with E-state index in [0.717, 1.165) is 5.56 Å². The summed E-state index contributed by atoms with van der Waals surface area (Å²) in [6.45, 7) is 1.02. The maximum atomic E-state index is 10.7. The third-order valence-electron chi connectivity index (χ3n) is 2.59. The quantitative estimate of drug-likeness (QED) is 0.855. The lowest BCUT2D eigenvalue weighted by Crippen LogP contribution is -2.12. The summed E-state index contributed by atoms with van der Waals surface area (Å²) in [6, 6.07) is 10.9. The second-order valence-electron chi connectivity index (χ2n) is 4.02. The number of hydrogen-bond acceptors (Lipinski definition) is 4. The average Bonchev–Trinajstić information content (AvgIpc) is 2.88. The zero-order valence-electron chi connectivity index (χ0n) is 10.1. The fourth-order valence-corrected chi connectivity index (χ4v) is 1.67. The molecule has 0 amide bonds. The standard InChI is InChI=1S/C14H12N2O3/c15-6-10-2-1-3-11(4-10)7-16-8-13-5-12(9-19-13)14(17)18/h1-5,9,16H,7-8H2,(H,17,18). The van der Waals surface area contributed by atoms with E-state index in [1.54, 1.807) is 12.1 Å². The Kier molecular flexibility index (Phi) is 3.96. The molecule has 96 valence electrons. The molecule has 19 heavy (non-hydrogen) atoms. The fourth-order valence-electron chi connectivity index (χ4n) is 1.67. The van der Waals surface area contributed by atoms with Crippen molar-refractivity contribution >= 4 is 5.97 Å². The van der Waals surface area contributed by atoms with E-state index < -0.39 is 5.97 Å². The van der Waals surface area contributed by atoms with E-state index >= 15 is 0 Å². The van der Waals surface area contributed by atoms with Crippen molar-refractivity contribution in [3.05, 3.63) is 59.0 Å². The summed E-state index contributed by atoms with van der Waals surface area (Å²) < 4.78 is 5.11. The van der Waals surface area contributed by atoms with E-state index in [1.165, 1.54) is 12.3 Å². The van der Waals surface area contributed by atoms with E-state index in [4.69, 9.17) is 14.8 Å². The molecule has 0 spiro atoms. The highest BCUT2D eigenvalue weighted by Crippen LogP contribution is 2.08. The van der Waals surface area contributed by atoms with Gasteiger partial charge in [-0.1, -0.05) is 12.1 Å². The minimum absolute atomic E-state index is 0.142. The minimum Gasteiger partial charge on any atom is -0.478 e. The molecule has 1 aromatic carbocycles. The monoisotopic (exact) mass is 256 g/mol. The normalized spacial score (nSPS) is 10.1. The van der Waals surface area contributed by atoms with Gasteiger partial charge in [-0.25, -0.2) is 4.79 Å². The van der Waals surface area contributed by atoms with Crippen molar-refractivity contribution in [1.29, 1.82) is 5.26 Å². The van der Waals surface area contributed by atoms with Crippen molar-refractivity contribution in [3.63, 3.8) is 0 Å². The van der Waals surface area contributed by atoms with Gasteiger partial charge in [0.1, 0.15) is 12.0 Å². The number of nitrogens with one attached hydrogen (secondary N) is 1. The van der Waals surface area contributed by atoms with Gasteiger partial charge in [0.05, 0.1) is 23.7 Å². The lowest BCUT2D eigenvalue weighted by molar-refractivity contribution is 0.0696. The van der Waals surface area contributed by atoms with E-state index in [2.05, 4.69) is 11.4 Å². The van der Waals surface area contributed by atoms with Crippen molar-refractivity contribution < 1.29 is 14.3 Å². The first-order chi connectivity index (χ1) is 9.19. The molecule has 0 fully saturated rings. The van der Waals surface area contributed by atoms with Crippen molar-refractivity contribution in [2.45, 2.75) is 13.1 Å². The van der Waals surface area contributed by atoms with Gasteiger partial charge in [-0.15, -0.1) is 0 Å². The molecule has 0 bridgehead atoms. The Morgan fingerprint density at radius 3 is 2.89 bits per heavy atom. The van der Waals surface area contributed by atoms with Crippen LogP contribution < -0.4 is 5.32 Å². The Morgan fingerprint density at radius 1 is 1.37 bits per heavy atom. The molecule has 2 rings (SSSR count). The van der Waals surface area contributed by atoms with Gasteiger partial charge in [-0.3, -0.25) is 0 Å². The molecule has 0 aliphatic carbocycles. The van der Waals surface area contributed by atoms with Crippen LogP contribution in [-0.4, -0.2) is 11.1 Å². The van der Waals surface area contributed by atoms with E-state index in [1.807, 2.05) is 12.1 Å². The Labute approximate surface area is 110 Å². The molecule has 0 saturated heterocycles. The molecule has 2 aromatic rings. The van der Waals surface area contributed by atoms with Crippen LogP contribution in [0.2, 0.25) is 0 Å². The first-order valence-electron chi connectivity index (χ1n) is 5.69. The molecule has 1 aromatic heterocycles. The highest BCUT2D eigenvalue weighted by molar-refractivity contribution is 5.87. The molecule has 5 nitrogen and oxygen atoms in total. The van der Waals surface area contributed by atoms with Crippen LogP contribution in [0, 0.1) is 11.3 Å². The van der Waals surface area contributed by atoms with Gasteiger partial charge >= 0.3 is 5.97 Å². The first-order valence-corrected chi connectivity index (χ1v) is 5.69. The lowest BCUT2D eigenvalue weighted by Gasteiger charge is -2.03. The Hall–Kier alpha value is -2.58. The van der Waals surface area contributed by atoms with Crippen LogP contribution in [0.1, 0.15) is 27.2 Å². The molecule has 0 aliphatic rings. The molecular weight excluding hydrogens is 244 g/mol. The van der Waals surface area contributed by atoms with E-state index in [9.17, 15) is 4.79 Å². The number of aromatic carboxylic acids is 1. The highest BCUT2D eigenvalue weighted by Gasteiger charge is 2.07. The molecule has 5 heteroatoms. The number of carboxylic acids is 1. The number of hydrogen-bond donors (Lipinski definition) is 2. The number of carbonyl (C=O) groups is 1. The largest absolute Gasteiger partial charge is 0.478 e. The average molecular weight is 256 g/mol. The smallest absolute Gasteiger partial charge is 0.338 e. The topological polar surface area (TPSA) is 86.3 Å². The number of benzene rings is 1. The van der Waals surface area contributed by atoms with Gasteiger partial charge in [-0.2, -0.15) is 5.26 Å². The Bertz CT molecular complexity index is 626. The molecule has 2 N–H and O–H groups in total. The zero-order valence-corrected chi connectivity index (χ0v) is 10.1. The van der Waals surface area contributed by atoms with Gasteiger partial charge < -0.3 is 14.8 Å². The van der Waals surface area contributed by atoms with Crippen molar-refractivity contribution in [2.24, 2.45) is 0 Å². The summed E-state index contributed by atoms with van der Waals surface area (Å²) in [7, 11) is 0. The second-order valence-corrected chi connectivity index (χ2v) is 4.02. The summed E-state index contributed by atoms with van der Waals surface area (Å²) >= 11 is 0. The number of nitriles is 1. The van der Waals surface area contributed by atoms with E-state index in [0.29, 0.717) is 24.4 Å². The lowest BCUT2D eigenvalue weighted by atomic mass is 10.1. The van der Waals surface area contributed by atoms with Crippen LogP contribution in [0.5, 0.6) is 0 Å². The Morgan fingerprint density at radius 2 is 2.21 bits per heavy atom. The Balaban J connectivity index is 1.89. The third kappa shape index (κ3) is 3.44. The van der Waals surface area contributed by atoms with Crippen LogP contribution in [0.3, 0.4) is 0 Å². The first kappa shape index (κ1) is 12.9. The maximum Gasteiger partial charge on any atom is 0.338 e. The number of nitrogens with zero attached hydrogens (tertiary/aromatic N) is 1. The maximum absolute atomic E-state index is 10.7. The fraction of sp³-hybridized carbons (Fsp3) is 0.143. The molecular formula is C14H12N2O3. The summed E-state index contributed by atoms with van der Waals surface area (Å²) in [5.41, 5.74) is 1.75. The van der Waals surface area contributed by atoms with Gasteiger partial charge in [0, 0.05) is 6.54 Å². The van der Waals surface area contributed by atoms with E-state index in [-0.39, 0.29) is 5.56 Å². The summed E-state index contributed by atoms with van der Waals surface area (Å²) in [5.74, 6) is -0.439. The van der Waals surface area contributed by atoms with Gasteiger partial charge in [0.2, 0.25) is 0 Å². The summed E-state index contributed by atoms with van der Waals surface area (Å²) in [4.78, 5) is 10.7. The highest BCUT2D eigenvalue weighted by atomic mass is 16.4. The number of rotatable bonds is 5. The molecule has 0 atom stereocenters. The minimum atomic E-state index is -1.00. The zero-order chi connectivity index (χ0) is 13.7. The summed E-state index contributed by atoms with van der Waals surface area (Å²) in [6.07, 6.45) is 1.22. The van der Waals surface area contributed by atoms with Crippen LogP contribution in [0.25, 0.3) is 0 Å². The predicted octanol–water partition coefficient (Wildman–Crippen LogP) is 2.14. The van der Waals surface area contributed by atoms with Crippen LogP contribution in [0.4, 0.5) is 0 Å².